The lowest BCUT2D eigenvalue weighted by molar-refractivity contribution is -0.136. The fourth-order valence-corrected chi connectivity index (χ4v) is 4.50. The summed E-state index contributed by atoms with van der Waals surface area (Å²) >= 11 is 0. The van der Waals surface area contributed by atoms with Crippen molar-refractivity contribution >= 4 is 41.1 Å². The molecule has 2 aliphatic carbocycles. The number of anilines is 2. The number of fused-ring (bicyclic) bond motifs is 1. The molecule has 4 fully saturated rings. The monoisotopic (exact) mass is 449 g/mol. The van der Waals surface area contributed by atoms with Gasteiger partial charge in [0.1, 0.15) is 11.6 Å². The van der Waals surface area contributed by atoms with Crippen molar-refractivity contribution in [2.75, 3.05) is 36.4 Å². The van der Waals surface area contributed by atoms with E-state index in [2.05, 4.69) is 27.6 Å². The molecule has 0 atom stereocenters. The zero-order chi connectivity index (χ0) is 22.7. The number of rotatable bonds is 5. The molecule has 2 N–H and O–H groups in total. The molecule has 0 bridgehead atoms. The highest BCUT2D eigenvalue weighted by Gasteiger charge is 2.47. The number of hydrogen-bond acceptors (Lipinski definition) is 7. The minimum atomic E-state index is -0.364. The van der Waals surface area contributed by atoms with E-state index in [0.29, 0.717) is 35.9 Å². The molecular formula is C23H27N7O3. The minimum absolute atomic E-state index is 0.0674. The zero-order valence-corrected chi connectivity index (χ0v) is 18.6. The standard InChI is InChI=1S/C23H27N7O3/c1-23(4-5-23)22(33)29-8-6-28(7-9-29)17-12-18(25-16-2-3-16)30-20(26-17)15(13-24-30)10-14-11-19(31)27-21(14)32/h10,12-13,16,25H,2-9,11H2,1H3,(H,27,31,32)/b14-10+. The Labute approximate surface area is 191 Å². The predicted molar refractivity (Wildman–Crippen MR) is 122 cm³/mol. The van der Waals surface area contributed by atoms with E-state index in [0.717, 1.165) is 50.4 Å². The number of nitrogens with one attached hydrogen (secondary N) is 2. The van der Waals surface area contributed by atoms with Crippen molar-refractivity contribution in [1.29, 1.82) is 0 Å². The lowest BCUT2D eigenvalue weighted by Crippen LogP contribution is -2.50. The number of carbonyl (C=O) groups excluding carboxylic acids is 3. The molecule has 2 aromatic heterocycles. The van der Waals surface area contributed by atoms with Crippen LogP contribution in [0.4, 0.5) is 11.6 Å². The van der Waals surface area contributed by atoms with Gasteiger partial charge in [0.2, 0.25) is 11.8 Å². The summed E-state index contributed by atoms with van der Waals surface area (Å²) in [5, 5.41) is 10.3. The molecule has 4 heterocycles. The number of hydrogen-bond donors (Lipinski definition) is 2. The third-order valence-corrected chi connectivity index (χ3v) is 7.05. The fourth-order valence-electron chi connectivity index (χ4n) is 4.50. The second kappa shape index (κ2) is 7.29. The molecule has 3 amide bonds. The van der Waals surface area contributed by atoms with Gasteiger partial charge in [0.25, 0.3) is 5.91 Å². The SMILES string of the molecule is CC1(C(=O)N2CCN(c3cc(NC4CC4)n4ncc(/C=C5\CC(=O)NC5=O)c4n3)CC2)CC1. The van der Waals surface area contributed by atoms with E-state index in [1.807, 2.05) is 11.0 Å². The molecule has 10 nitrogen and oxygen atoms in total. The maximum absolute atomic E-state index is 12.7. The highest BCUT2D eigenvalue weighted by atomic mass is 16.2. The van der Waals surface area contributed by atoms with Gasteiger partial charge in [0.05, 0.1) is 12.6 Å². The van der Waals surface area contributed by atoms with Crippen molar-refractivity contribution in [3.8, 4) is 0 Å². The van der Waals surface area contributed by atoms with Gasteiger partial charge in [-0.3, -0.25) is 19.7 Å². The van der Waals surface area contributed by atoms with Crippen LogP contribution in [0.3, 0.4) is 0 Å². The Bertz CT molecular complexity index is 1200. The van der Waals surface area contributed by atoms with E-state index < -0.39 is 0 Å². The topological polar surface area (TPSA) is 112 Å². The van der Waals surface area contributed by atoms with Crippen LogP contribution in [0.5, 0.6) is 0 Å². The summed E-state index contributed by atoms with van der Waals surface area (Å²) in [5.41, 5.74) is 1.61. The molecule has 2 aromatic rings. The number of carbonyl (C=O) groups is 3. The summed E-state index contributed by atoms with van der Waals surface area (Å²) < 4.78 is 1.76. The first-order valence-corrected chi connectivity index (χ1v) is 11.6. The maximum atomic E-state index is 12.7. The minimum Gasteiger partial charge on any atom is -0.367 e. The number of imide groups is 1. The van der Waals surface area contributed by atoms with Gasteiger partial charge in [0, 0.05) is 54.8 Å². The van der Waals surface area contributed by atoms with E-state index in [-0.39, 0.29) is 29.6 Å². The van der Waals surface area contributed by atoms with E-state index in [9.17, 15) is 14.4 Å². The van der Waals surface area contributed by atoms with Gasteiger partial charge in [0.15, 0.2) is 5.65 Å². The first kappa shape index (κ1) is 20.2. The average Bonchev–Trinajstić information content (AvgIpc) is 3.71. The molecule has 0 unspecified atom stereocenters. The summed E-state index contributed by atoms with van der Waals surface area (Å²) in [7, 11) is 0. The van der Waals surface area contributed by atoms with Crippen LogP contribution in [0.25, 0.3) is 11.7 Å². The molecule has 172 valence electrons. The average molecular weight is 450 g/mol. The van der Waals surface area contributed by atoms with Crippen molar-refractivity contribution in [3.63, 3.8) is 0 Å². The number of amides is 3. The van der Waals surface area contributed by atoms with Gasteiger partial charge >= 0.3 is 0 Å². The Morgan fingerprint density at radius 2 is 1.97 bits per heavy atom. The molecule has 33 heavy (non-hydrogen) atoms. The maximum Gasteiger partial charge on any atom is 0.254 e. The van der Waals surface area contributed by atoms with Gasteiger partial charge in [-0.25, -0.2) is 4.98 Å². The zero-order valence-electron chi connectivity index (χ0n) is 18.6. The molecule has 0 radical (unpaired) electrons. The predicted octanol–water partition coefficient (Wildman–Crippen LogP) is 1.18. The molecule has 2 aliphatic heterocycles. The summed E-state index contributed by atoms with van der Waals surface area (Å²) in [6, 6.07) is 2.45. The van der Waals surface area contributed by atoms with Crippen LogP contribution in [0, 0.1) is 5.41 Å². The Kier molecular flexibility index (Phi) is 4.46. The van der Waals surface area contributed by atoms with Crippen molar-refractivity contribution < 1.29 is 14.4 Å². The smallest absolute Gasteiger partial charge is 0.254 e. The van der Waals surface area contributed by atoms with Gasteiger partial charge in [-0.1, -0.05) is 6.92 Å². The van der Waals surface area contributed by atoms with Crippen LogP contribution < -0.4 is 15.5 Å². The van der Waals surface area contributed by atoms with Crippen LogP contribution in [-0.2, 0) is 14.4 Å². The lowest BCUT2D eigenvalue weighted by atomic mass is 10.1. The van der Waals surface area contributed by atoms with Crippen LogP contribution >= 0.6 is 0 Å². The number of nitrogens with zero attached hydrogens (tertiary/aromatic N) is 5. The third kappa shape index (κ3) is 3.73. The number of piperazine rings is 1. The second-order valence-electron chi connectivity index (χ2n) is 9.82. The first-order valence-electron chi connectivity index (χ1n) is 11.6. The molecule has 10 heteroatoms. The summed E-state index contributed by atoms with van der Waals surface area (Å²) in [6.07, 6.45) is 7.68. The molecule has 2 saturated heterocycles. The summed E-state index contributed by atoms with van der Waals surface area (Å²) in [6.45, 7) is 4.86. The van der Waals surface area contributed by atoms with Crippen LogP contribution in [-0.4, -0.2) is 69.4 Å². The van der Waals surface area contributed by atoms with E-state index in [1.165, 1.54) is 0 Å². The van der Waals surface area contributed by atoms with E-state index in [1.54, 1.807) is 16.8 Å². The normalized spacial score (nSPS) is 23.4. The molecule has 2 saturated carbocycles. The van der Waals surface area contributed by atoms with Crippen molar-refractivity contribution in [2.45, 2.75) is 45.1 Å². The molecule has 0 aromatic carbocycles. The lowest BCUT2D eigenvalue weighted by Gasteiger charge is -2.36. The number of aromatic nitrogens is 3. The van der Waals surface area contributed by atoms with Gasteiger partial charge in [-0.2, -0.15) is 9.61 Å². The van der Waals surface area contributed by atoms with Gasteiger partial charge < -0.3 is 15.1 Å². The quantitative estimate of drug-likeness (QED) is 0.521. The highest BCUT2D eigenvalue weighted by Crippen LogP contribution is 2.46. The van der Waals surface area contributed by atoms with Gasteiger partial charge in [-0.05, 0) is 31.8 Å². The largest absolute Gasteiger partial charge is 0.367 e. The summed E-state index contributed by atoms with van der Waals surface area (Å²) in [4.78, 5) is 45.4. The Balaban J connectivity index is 1.30. The van der Waals surface area contributed by atoms with E-state index >= 15 is 0 Å². The Hall–Kier alpha value is -3.43. The van der Waals surface area contributed by atoms with Gasteiger partial charge in [-0.15, -0.1) is 0 Å². The van der Waals surface area contributed by atoms with Crippen molar-refractivity contribution in [1.82, 2.24) is 24.8 Å². The van der Waals surface area contributed by atoms with Crippen LogP contribution in [0.1, 0.15) is 44.6 Å². The molecule has 6 rings (SSSR count). The second-order valence-corrected chi connectivity index (χ2v) is 9.82. The van der Waals surface area contributed by atoms with Crippen LogP contribution in [0.2, 0.25) is 0 Å². The van der Waals surface area contributed by atoms with Crippen LogP contribution in [0.15, 0.2) is 17.8 Å². The highest BCUT2D eigenvalue weighted by molar-refractivity contribution is 6.15. The first-order chi connectivity index (χ1) is 15.9. The molecule has 0 spiro atoms. The Morgan fingerprint density at radius 3 is 2.61 bits per heavy atom. The van der Waals surface area contributed by atoms with Crippen molar-refractivity contribution in [3.05, 3.63) is 23.4 Å². The Morgan fingerprint density at radius 1 is 1.21 bits per heavy atom. The fraction of sp³-hybridized carbons (Fsp3) is 0.522. The van der Waals surface area contributed by atoms with E-state index in [4.69, 9.17) is 4.98 Å². The molecule has 4 aliphatic rings. The third-order valence-electron chi connectivity index (χ3n) is 7.05. The van der Waals surface area contributed by atoms with Crippen molar-refractivity contribution in [2.24, 2.45) is 5.41 Å². The summed E-state index contributed by atoms with van der Waals surface area (Å²) in [5.74, 6) is 1.30. The molecular weight excluding hydrogens is 422 g/mol.